The van der Waals surface area contributed by atoms with E-state index in [4.69, 9.17) is 11.6 Å². The number of hydrogen-bond acceptors (Lipinski definition) is 2. The molecule has 0 unspecified atom stereocenters. The molecule has 3 heteroatoms. The number of likely N-dealkylation sites (tertiary alicyclic amines) is 1. The van der Waals surface area contributed by atoms with Gasteiger partial charge in [-0.05, 0) is 71.4 Å². The SMILES string of the molecule is OCc1cccc(-c2ccc(Cl)cc2)c1-c1ccc(CN2CCCC2)cc1. The molecule has 1 aliphatic heterocycles. The summed E-state index contributed by atoms with van der Waals surface area (Å²) in [7, 11) is 0. The molecule has 1 N–H and O–H groups in total. The number of benzene rings is 3. The third-order valence-electron chi connectivity index (χ3n) is 5.32. The average molecular weight is 378 g/mol. The number of hydrogen-bond donors (Lipinski definition) is 1. The third kappa shape index (κ3) is 4.08. The third-order valence-corrected chi connectivity index (χ3v) is 5.58. The monoisotopic (exact) mass is 377 g/mol. The van der Waals surface area contributed by atoms with Crippen LogP contribution in [0.1, 0.15) is 24.0 Å². The molecule has 0 radical (unpaired) electrons. The van der Waals surface area contributed by atoms with Crippen LogP contribution in [-0.2, 0) is 13.2 Å². The summed E-state index contributed by atoms with van der Waals surface area (Å²) in [6, 6.07) is 22.8. The van der Waals surface area contributed by atoms with Gasteiger partial charge in [-0.2, -0.15) is 0 Å². The molecule has 0 spiro atoms. The summed E-state index contributed by atoms with van der Waals surface area (Å²) in [4.78, 5) is 2.51. The van der Waals surface area contributed by atoms with E-state index in [0.717, 1.165) is 39.4 Å². The first-order chi connectivity index (χ1) is 13.2. The topological polar surface area (TPSA) is 23.5 Å². The molecule has 1 heterocycles. The minimum Gasteiger partial charge on any atom is -0.392 e. The Morgan fingerprint density at radius 2 is 1.48 bits per heavy atom. The van der Waals surface area contributed by atoms with Crippen LogP contribution in [0.4, 0.5) is 0 Å². The highest BCUT2D eigenvalue weighted by Crippen LogP contribution is 2.36. The molecule has 2 nitrogen and oxygen atoms in total. The van der Waals surface area contributed by atoms with Crippen LogP contribution in [0, 0.1) is 0 Å². The Morgan fingerprint density at radius 3 is 2.15 bits per heavy atom. The summed E-state index contributed by atoms with van der Waals surface area (Å²) >= 11 is 6.06. The first kappa shape index (κ1) is 18.2. The highest BCUT2D eigenvalue weighted by atomic mass is 35.5. The van der Waals surface area contributed by atoms with Gasteiger partial charge >= 0.3 is 0 Å². The van der Waals surface area contributed by atoms with Gasteiger partial charge in [0.05, 0.1) is 6.61 Å². The van der Waals surface area contributed by atoms with Crippen molar-refractivity contribution in [3.05, 3.63) is 82.9 Å². The van der Waals surface area contributed by atoms with E-state index in [0.29, 0.717) is 0 Å². The van der Waals surface area contributed by atoms with Crippen LogP contribution in [0.15, 0.2) is 66.7 Å². The van der Waals surface area contributed by atoms with Gasteiger partial charge < -0.3 is 5.11 Å². The molecule has 4 rings (SSSR count). The van der Waals surface area contributed by atoms with Gasteiger partial charge in [0.2, 0.25) is 0 Å². The van der Waals surface area contributed by atoms with Crippen LogP contribution >= 0.6 is 11.6 Å². The number of rotatable bonds is 5. The van der Waals surface area contributed by atoms with E-state index in [1.54, 1.807) is 0 Å². The number of aliphatic hydroxyl groups is 1. The molecule has 0 bridgehead atoms. The van der Waals surface area contributed by atoms with Crippen molar-refractivity contribution in [3.8, 4) is 22.3 Å². The van der Waals surface area contributed by atoms with Crippen molar-refractivity contribution < 1.29 is 5.11 Å². The summed E-state index contributed by atoms with van der Waals surface area (Å²) in [6.07, 6.45) is 2.62. The molecular weight excluding hydrogens is 354 g/mol. The van der Waals surface area contributed by atoms with Crippen molar-refractivity contribution >= 4 is 11.6 Å². The van der Waals surface area contributed by atoms with Gasteiger partial charge in [-0.3, -0.25) is 4.90 Å². The van der Waals surface area contributed by atoms with Gasteiger partial charge in [-0.25, -0.2) is 0 Å². The first-order valence-electron chi connectivity index (χ1n) is 9.55. The molecule has 138 valence electrons. The molecule has 1 saturated heterocycles. The minimum atomic E-state index is 0.0201. The summed E-state index contributed by atoms with van der Waals surface area (Å²) in [6.45, 7) is 3.45. The molecule has 3 aromatic carbocycles. The minimum absolute atomic E-state index is 0.0201. The molecule has 27 heavy (non-hydrogen) atoms. The zero-order valence-corrected chi connectivity index (χ0v) is 16.1. The maximum atomic E-state index is 9.91. The predicted octanol–water partition coefficient (Wildman–Crippen LogP) is 5.76. The molecule has 0 amide bonds. The number of nitrogens with zero attached hydrogens (tertiary/aromatic N) is 1. The van der Waals surface area contributed by atoms with E-state index in [-0.39, 0.29) is 6.61 Å². The van der Waals surface area contributed by atoms with E-state index >= 15 is 0 Å². The van der Waals surface area contributed by atoms with Gasteiger partial charge in [-0.1, -0.05) is 66.2 Å². The number of halogens is 1. The van der Waals surface area contributed by atoms with Crippen molar-refractivity contribution in [1.29, 1.82) is 0 Å². The molecule has 0 saturated carbocycles. The first-order valence-corrected chi connectivity index (χ1v) is 9.93. The van der Waals surface area contributed by atoms with Crippen molar-refractivity contribution in [1.82, 2.24) is 4.90 Å². The molecule has 1 fully saturated rings. The second-order valence-electron chi connectivity index (χ2n) is 7.18. The second kappa shape index (κ2) is 8.26. The Kier molecular flexibility index (Phi) is 5.58. The molecule has 0 aromatic heterocycles. The highest BCUT2D eigenvalue weighted by molar-refractivity contribution is 6.30. The van der Waals surface area contributed by atoms with E-state index in [2.05, 4.69) is 35.2 Å². The molecule has 1 aliphatic rings. The fourth-order valence-electron chi connectivity index (χ4n) is 3.92. The van der Waals surface area contributed by atoms with Crippen molar-refractivity contribution in [3.63, 3.8) is 0 Å². The van der Waals surface area contributed by atoms with Crippen molar-refractivity contribution in [2.24, 2.45) is 0 Å². The average Bonchev–Trinajstić information content (AvgIpc) is 3.22. The van der Waals surface area contributed by atoms with Gasteiger partial charge in [0.1, 0.15) is 0 Å². The fourth-order valence-corrected chi connectivity index (χ4v) is 4.04. The Labute approximate surface area is 166 Å². The summed E-state index contributed by atoms with van der Waals surface area (Å²) in [5.74, 6) is 0. The van der Waals surface area contributed by atoms with E-state index in [1.165, 1.54) is 31.5 Å². The van der Waals surface area contributed by atoms with Gasteiger partial charge in [-0.15, -0.1) is 0 Å². The van der Waals surface area contributed by atoms with Crippen LogP contribution < -0.4 is 0 Å². The lowest BCUT2D eigenvalue weighted by Crippen LogP contribution is -2.18. The summed E-state index contributed by atoms with van der Waals surface area (Å²) in [5.41, 5.74) is 6.73. The smallest absolute Gasteiger partial charge is 0.0688 e. The highest BCUT2D eigenvalue weighted by Gasteiger charge is 2.14. The lowest BCUT2D eigenvalue weighted by atomic mass is 9.90. The van der Waals surface area contributed by atoms with Gasteiger partial charge in [0.25, 0.3) is 0 Å². The maximum Gasteiger partial charge on any atom is 0.0688 e. The Morgan fingerprint density at radius 1 is 0.815 bits per heavy atom. The van der Waals surface area contributed by atoms with E-state index in [1.807, 2.05) is 36.4 Å². The largest absolute Gasteiger partial charge is 0.392 e. The standard InChI is InChI=1S/C24H24ClNO/c25-22-12-10-19(11-13-22)23-5-3-4-21(17-27)24(23)20-8-6-18(7-9-20)16-26-14-1-2-15-26/h3-13,27H,1-2,14-17H2. The molecule has 0 aliphatic carbocycles. The number of aliphatic hydroxyl groups excluding tert-OH is 1. The zero-order chi connectivity index (χ0) is 18.6. The Hall–Kier alpha value is -2.13. The maximum absolute atomic E-state index is 9.91. The molecular formula is C24H24ClNO. The summed E-state index contributed by atoms with van der Waals surface area (Å²) < 4.78 is 0. The lowest BCUT2D eigenvalue weighted by Gasteiger charge is -2.17. The summed E-state index contributed by atoms with van der Waals surface area (Å²) in [5, 5.41) is 10.6. The van der Waals surface area contributed by atoms with Crippen LogP contribution in [0.5, 0.6) is 0 Å². The van der Waals surface area contributed by atoms with Crippen LogP contribution in [0.3, 0.4) is 0 Å². The normalized spacial score (nSPS) is 14.6. The van der Waals surface area contributed by atoms with Crippen molar-refractivity contribution in [2.75, 3.05) is 13.1 Å². The molecule has 3 aromatic rings. The van der Waals surface area contributed by atoms with Crippen LogP contribution in [0.25, 0.3) is 22.3 Å². The lowest BCUT2D eigenvalue weighted by molar-refractivity contribution is 0.282. The fraction of sp³-hybridized carbons (Fsp3) is 0.250. The van der Waals surface area contributed by atoms with Crippen LogP contribution in [0.2, 0.25) is 5.02 Å². The van der Waals surface area contributed by atoms with Gasteiger partial charge in [0.15, 0.2) is 0 Å². The second-order valence-corrected chi connectivity index (χ2v) is 7.62. The quantitative estimate of drug-likeness (QED) is 0.610. The zero-order valence-electron chi connectivity index (χ0n) is 15.4. The molecule has 0 atom stereocenters. The van der Waals surface area contributed by atoms with E-state index in [9.17, 15) is 5.11 Å². The van der Waals surface area contributed by atoms with Crippen molar-refractivity contribution in [2.45, 2.75) is 26.0 Å². The van der Waals surface area contributed by atoms with Crippen LogP contribution in [-0.4, -0.2) is 23.1 Å². The predicted molar refractivity (Wildman–Crippen MR) is 113 cm³/mol. The van der Waals surface area contributed by atoms with E-state index < -0.39 is 0 Å². The Bertz CT molecular complexity index is 897. The van der Waals surface area contributed by atoms with Gasteiger partial charge in [0, 0.05) is 11.6 Å². The Balaban J connectivity index is 1.70.